The molecule has 0 aliphatic carbocycles. The van der Waals surface area contributed by atoms with Crippen molar-refractivity contribution < 1.29 is 4.74 Å². The van der Waals surface area contributed by atoms with E-state index in [1.54, 1.807) is 0 Å². The van der Waals surface area contributed by atoms with Crippen LogP contribution in [-0.2, 0) is 4.74 Å². The Hall–Kier alpha value is -0.120. The number of hydrogen-bond donors (Lipinski definition) is 1. The van der Waals surface area contributed by atoms with Crippen molar-refractivity contribution in [2.45, 2.75) is 65.5 Å². The summed E-state index contributed by atoms with van der Waals surface area (Å²) in [5.41, 5.74) is 0.316. The van der Waals surface area contributed by atoms with Crippen LogP contribution in [0.2, 0.25) is 0 Å². The molecule has 1 N–H and O–H groups in total. The van der Waals surface area contributed by atoms with Crippen LogP contribution in [0.15, 0.2) is 0 Å². The standard InChI is InChI=1S/C16H34N2O/c1-6-14(4)15-12-18(10-9-11-19-8-3)16(5,7-2)13-17-15/h14-15,17H,6-13H2,1-5H3. The van der Waals surface area contributed by atoms with Crippen molar-refractivity contribution in [1.82, 2.24) is 10.2 Å². The normalized spacial score (nSPS) is 30.5. The van der Waals surface area contributed by atoms with Crippen molar-refractivity contribution in [2.24, 2.45) is 5.92 Å². The van der Waals surface area contributed by atoms with E-state index in [1.165, 1.54) is 25.9 Å². The van der Waals surface area contributed by atoms with E-state index in [1.807, 2.05) is 0 Å². The van der Waals surface area contributed by atoms with Gasteiger partial charge in [0.1, 0.15) is 0 Å². The Labute approximate surface area is 120 Å². The monoisotopic (exact) mass is 270 g/mol. The van der Waals surface area contributed by atoms with E-state index in [-0.39, 0.29) is 0 Å². The number of hydrogen-bond acceptors (Lipinski definition) is 3. The van der Waals surface area contributed by atoms with Gasteiger partial charge in [-0.15, -0.1) is 0 Å². The summed E-state index contributed by atoms with van der Waals surface area (Å²) in [5.74, 6) is 0.760. The van der Waals surface area contributed by atoms with Crippen molar-refractivity contribution >= 4 is 0 Å². The van der Waals surface area contributed by atoms with Gasteiger partial charge in [0.2, 0.25) is 0 Å². The maximum Gasteiger partial charge on any atom is 0.0478 e. The van der Waals surface area contributed by atoms with Crippen LogP contribution in [0, 0.1) is 5.92 Å². The van der Waals surface area contributed by atoms with Crippen molar-refractivity contribution in [3.8, 4) is 0 Å². The largest absolute Gasteiger partial charge is 0.382 e. The summed E-state index contributed by atoms with van der Waals surface area (Å²) in [6.07, 6.45) is 3.62. The zero-order valence-corrected chi connectivity index (χ0v) is 13.7. The Morgan fingerprint density at radius 3 is 2.68 bits per heavy atom. The average Bonchev–Trinajstić information content (AvgIpc) is 2.44. The lowest BCUT2D eigenvalue weighted by Crippen LogP contribution is -2.64. The first-order chi connectivity index (χ1) is 9.07. The number of ether oxygens (including phenoxy) is 1. The third-order valence-corrected chi connectivity index (χ3v) is 4.94. The van der Waals surface area contributed by atoms with Gasteiger partial charge < -0.3 is 10.1 Å². The van der Waals surface area contributed by atoms with Gasteiger partial charge in [-0.1, -0.05) is 27.2 Å². The topological polar surface area (TPSA) is 24.5 Å². The Morgan fingerprint density at radius 2 is 2.11 bits per heavy atom. The Morgan fingerprint density at radius 1 is 1.37 bits per heavy atom. The molecular formula is C16H34N2O. The molecule has 0 bridgehead atoms. The summed E-state index contributed by atoms with van der Waals surface area (Å²) in [6.45, 7) is 16.6. The molecule has 3 unspecified atom stereocenters. The van der Waals surface area contributed by atoms with Gasteiger partial charge in [-0.25, -0.2) is 0 Å². The van der Waals surface area contributed by atoms with E-state index in [0.717, 1.165) is 32.1 Å². The average molecular weight is 270 g/mol. The quantitative estimate of drug-likeness (QED) is 0.686. The number of piperazine rings is 1. The molecule has 1 aliphatic heterocycles. The summed E-state index contributed by atoms with van der Waals surface area (Å²) in [7, 11) is 0. The fourth-order valence-corrected chi connectivity index (χ4v) is 2.86. The highest BCUT2D eigenvalue weighted by Gasteiger charge is 2.37. The molecule has 0 amide bonds. The molecule has 0 aromatic heterocycles. The molecule has 3 atom stereocenters. The molecule has 1 rings (SSSR count). The maximum atomic E-state index is 5.48. The minimum Gasteiger partial charge on any atom is -0.382 e. The number of nitrogens with one attached hydrogen (secondary N) is 1. The van der Waals surface area contributed by atoms with Crippen molar-refractivity contribution in [2.75, 3.05) is 32.8 Å². The van der Waals surface area contributed by atoms with Crippen LogP contribution in [0.3, 0.4) is 0 Å². The molecule has 114 valence electrons. The molecule has 0 saturated carbocycles. The van der Waals surface area contributed by atoms with Gasteiger partial charge in [-0.2, -0.15) is 0 Å². The molecule has 1 saturated heterocycles. The second-order valence-electron chi connectivity index (χ2n) is 6.22. The highest BCUT2D eigenvalue weighted by atomic mass is 16.5. The summed E-state index contributed by atoms with van der Waals surface area (Å²) in [6, 6.07) is 0.650. The summed E-state index contributed by atoms with van der Waals surface area (Å²) < 4.78 is 5.48. The van der Waals surface area contributed by atoms with Crippen LogP contribution in [0.25, 0.3) is 0 Å². The van der Waals surface area contributed by atoms with E-state index in [9.17, 15) is 0 Å². The highest BCUT2D eigenvalue weighted by Crippen LogP contribution is 2.25. The molecule has 1 fully saturated rings. The molecular weight excluding hydrogens is 236 g/mol. The van der Waals surface area contributed by atoms with Crippen LogP contribution in [0.4, 0.5) is 0 Å². The van der Waals surface area contributed by atoms with E-state index < -0.39 is 0 Å². The SMILES string of the molecule is CCOCCCN1CC(C(C)CC)NCC1(C)CC. The molecule has 3 heteroatoms. The molecule has 19 heavy (non-hydrogen) atoms. The van der Waals surface area contributed by atoms with Crippen LogP contribution >= 0.6 is 0 Å². The second-order valence-corrected chi connectivity index (χ2v) is 6.22. The lowest BCUT2D eigenvalue weighted by atomic mass is 9.88. The lowest BCUT2D eigenvalue weighted by Gasteiger charge is -2.49. The summed E-state index contributed by atoms with van der Waals surface area (Å²) in [4.78, 5) is 2.69. The minimum atomic E-state index is 0.316. The second kappa shape index (κ2) is 8.23. The zero-order chi connectivity index (χ0) is 14.3. The maximum absolute atomic E-state index is 5.48. The van der Waals surface area contributed by atoms with Gasteiger partial charge in [0.05, 0.1) is 0 Å². The zero-order valence-electron chi connectivity index (χ0n) is 13.7. The predicted octanol–water partition coefficient (Wildman–Crippen LogP) is 2.90. The van der Waals surface area contributed by atoms with Crippen LogP contribution < -0.4 is 5.32 Å². The smallest absolute Gasteiger partial charge is 0.0478 e. The van der Waals surface area contributed by atoms with E-state index in [0.29, 0.717) is 11.6 Å². The van der Waals surface area contributed by atoms with Gasteiger partial charge >= 0.3 is 0 Å². The Bertz CT molecular complexity index is 247. The molecule has 1 heterocycles. The first-order valence-corrected chi connectivity index (χ1v) is 8.13. The fraction of sp³-hybridized carbons (Fsp3) is 1.00. The third-order valence-electron chi connectivity index (χ3n) is 4.94. The molecule has 3 nitrogen and oxygen atoms in total. The van der Waals surface area contributed by atoms with E-state index in [4.69, 9.17) is 4.74 Å². The third kappa shape index (κ3) is 4.73. The first-order valence-electron chi connectivity index (χ1n) is 8.13. The number of nitrogens with zero attached hydrogens (tertiary/aromatic N) is 1. The van der Waals surface area contributed by atoms with Gasteiger partial charge in [0, 0.05) is 44.4 Å². The molecule has 0 radical (unpaired) electrons. The van der Waals surface area contributed by atoms with E-state index >= 15 is 0 Å². The molecule has 0 aromatic rings. The predicted molar refractivity (Wildman–Crippen MR) is 82.6 cm³/mol. The number of rotatable bonds is 8. The Balaban J connectivity index is 2.53. The van der Waals surface area contributed by atoms with Crippen molar-refractivity contribution in [3.05, 3.63) is 0 Å². The van der Waals surface area contributed by atoms with Crippen molar-refractivity contribution in [1.29, 1.82) is 0 Å². The van der Waals surface area contributed by atoms with Crippen molar-refractivity contribution in [3.63, 3.8) is 0 Å². The van der Waals surface area contributed by atoms with E-state index in [2.05, 4.69) is 44.8 Å². The fourth-order valence-electron chi connectivity index (χ4n) is 2.86. The van der Waals surface area contributed by atoms with Crippen LogP contribution in [0.5, 0.6) is 0 Å². The molecule has 0 spiro atoms. The summed E-state index contributed by atoms with van der Waals surface area (Å²) in [5, 5.41) is 3.77. The van der Waals surface area contributed by atoms with Crippen LogP contribution in [0.1, 0.15) is 53.9 Å². The Kier molecular flexibility index (Phi) is 7.33. The lowest BCUT2D eigenvalue weighted by molar-refractivity contribution is 0.0271. The highest BCUT2D eigenvalue weighted by molar-refractivity contribution is 4.96. The van der Waals surface area contributed by atoms with Gasteiger partial charge in [-0.3, -0.25) is 4.90 Å². The van der Waals surface area contributed by atoms with Gasteiger partial charge in [-0.05, 0) is 32.6 Å². The molecule has 1 aliphatic rings. The van der Waals surface area contributed by atoms with Gasteiger partial charge in [0.25, 0.3) is 0 Å². The minimum absolute atomic E-state index is 0.316. The summed E-state index contributed by atoms with van der Waals surface area (Å²) >= 11 is 0. The first kappa shape index (κ1) is 16.9. The van der Waals surface area contributed by atoms with Gasteiger partial charge in [0.15, 0.2) is 0 Å². The van der Waals surface area contributed by atoms with Crippen LogP contribution in [-0.4, -0.2) is 49.3 Å². The molecule has 0 aromatic carbocycles.